The number of halogens is 2. The summed E-state index contributed by atoms with van der Waals surface area (Å²) in [4.78, 5) is 2.04. The molecule has 0 spiro atoms. The van der Waals surface area contributed by atoms with E-state index < -0.39 is 0 Å². The first kappa shape index (κ1) is 14.5. The number of benzene rings is 2. The summed E-state index contributed by atoms with van der Waals surface area (Å²) in [6.07, 6.45) is 2.60. The molecule has 3 rings (SSSR count). The Kier molecular flexibility index (Phi) is 4.27. The van der Waals surface area contributed by atoms with E-state index in [1.54, 1.807) is 12.1 Å². The normalized spacial score (nSPS) is 14.2. The molecule has 0 atom stereocenters. The lowest BCUT2D eigenvalue weighted by molar-refractivity contribution is 0.628. The van der Waals surface area contributed by atoms with Crippen molar-refractivity contribution in [3.8, 4) is 0 Å². The third-order valence-corrected chi connectivity index (χ3v) is 4.39. The van der Waals surface area contributed by atoms with Crippen LogP contribution < -0.4 is 10.2 Å². The van der Waals surface area contributed by atoms with Crippen LogP contribution in [0.2, 0.25) is 0 Å². The molecule has 0 radical (unpaired) electrons. The van der Waals surface area contributed by atoms with Crippen LogP contribution in [0.15, 0.2) is 46.9 Å². The minimum atomic E-state index is -0.215. The average Bonchev–Trinajstić information content (AvgIpc) is 3.29. The standard InChI is InChI=1S/C17H18BrFN2/c1-21(15-7-3-13(19)4-8-15)17-9-2-12(10-16(17)18)11-20-14-5-6-14/h2-4,7-10,14,20H,5-6,11H2,1H3. The van der Waals surface area contributed by atoms with Gasteiger partial charge in [-0.15, -0.1) is 0 Å². The van der Waals surface area contributed by atoms with Gasteiger partial charge in [-0.3, -0.25) is 0 Å². The Labute approximate surface area is 133 Å². The third kappa shape index (κ3) is 3.63. The highest BCUT2D eigenvalue weighted by Crippen LogP contribution is 2.32. The zero-order valence-electron chi connectivity index (χ0n) is 11.9. The first-order chi connectivity index (χ1) is 10.1. The van der Waals surface area contributed by atoms with Crippen LogP contribution >= 0.6 is 15.9 Å². The van der Waals surface area contributed by atoms with Crippen molar-refractivity contribution in [2.45, 2.75) is 25.4 Å². The molecule has 1 fully saturated rings. The van der Waals surface area contributed by atoms with Gasteiger partial charge in [0, 0.05) is 29.8 Å². The maximum Gasteiger partial charge on any atom is 0.123 e. The summed E-state index contributed by atoms with van der Waals surface area (Å²) in [5, 5.41) is 3.51. The second-order valence-corrected chi connectivity index (χ2v) is 6.33. The van der Waals surface area contributed by atoms with Gasteiger partial charge < -0.3 is 10.2 Å². The first-order valence-corrected chi connectivity index (χ1v) is 7.94. The zero-order valence-corrected chi connectivity index (χ0v) is 13.5. The molecule has 4 heteroatoms. The Morgan fingerprint density at radius 3 is 2.52 bits per heavy atom. The molecule has 2 nitrogen and oxygen atoms in total. The Morgan fingerprint density at radius 2 is 1.90 bits per heavy atom. The number of anilines is 2. The third-order valence-electron chi connectivity index (χ3n) is 3.76. The van der Waals surface area contributed by atoms with E-state index in [2.05, 4.69) is 39.4 Å². The maximum atomic E-state index is 13.0. The van der Waals surface area contributed by atoms with Crippen LogP contribution in [-0.2, 0) is 6.54 Å². The summed E-state index contributed by atoms with van der Waals surface area (Å²) in [7, 11) is 1.98. The van der Waals surface area contributed by atoms with Crippen LogP contribution in [0.3, 0.4) is 0 Å². The van der Waals surface area contributed by atoms with Crippen molar-refractivity contribution in [1.29, 1.82) is 0 Å². The fourth-order valence-electron chi connectivity index (χ4n) is 2.29. The van der Waals surface area contributed by atoms with Crippen molar-refractivity contribution in [3.63, 3.8) is 0 Å². The Bertz CT molecular complexity index is 623. The molecule has 0 aromatic heterocycles. The van der Waals surface area contributed by atoms with E-state index in [0.29, 0.717) is 6.04 Å². The van der Waals surface area contributed by atoms with E-state index in [4.69, 9.17) is 0 Å². The molecule has 0 aliphatic heterocycles. The number of nitrogens with zero attached hydrogens (tertiary/aromatic N) is 1. The summed E-state index contributed by atoms with van der Waals surface area (Å²) in [6.45, 7) is 0.907. The minimum absolute atomic E-state index is 0.215. The van der Waals surface area contributed by atoms with Crippen LogP contribution in [0.25, 0.3) is 0 Å². The highest BCUT2D eigenvalue weighted by molar-refractivity contribution is 9.10. The zero-order chi connectivity index (χ0) is 14.8. The lowest BCUT2D eigenvalue weighted by Gasteiger charge is -2.21. The number of hydrogen-bond acceptors (Lipinski definition) is 2. The minimum Gasteiger partial charge on any atom is -0.344 e. The number of nitrogens with one attached hydrogen (secondary N) is 1. The molecule has 21 heavy (non-hydrogen) atoms. The van der Waals surface area contributed by atoms with E-state index >= 15 is 0 Å². The van der Waals surface area contributed by atoms with Gasteiger partial charge in [-0.05, 0) is 70.7 Å². The monoisotopic (exact) mass is 348 g/mol. The van der Waals surface area contributed by atoms with E-state index in [9.17, 15) is 4.39 Å². The van der Waals surface area contributed by atoms with Gasteiger partial charge in [0.1, 0.15) is 5.82 Å². The van der Waals surface area contributed by atoms with Gasteiger partial charge in [-0.2, -0.15) is 0 Å². The Balaban J connectivity index is 1.75. The lowest BCUT2D eigenvalue weighted by Crippen LogP contribution is -2.15. The van der Waals surface area contributed by atoms with E-state index in [0.717, 1.165) is 22.4 Å². The maximum absolute atomic E-state index is 13.0. The predicted molar refractivity (Wildman–Crippen MR) is 88.5 cm³/mol. The predicted octanol–water partition coefficient (Wildman–Crippen LogP) is 4.61. The summed E-state index contributed by atoms with van der Waals surface area (Å²) < 4.78 is 14.1. The average molecular weight is 349 g/mol. The molecular weight excluding hydrogens is 331 g/mol. The van der Waals surface area contributed by atoms with E-state index in [1.807, 2.05) is 11.9 Å². The molecule has 2 aromatic rings. The van der Waals surface area contributed by atoms with Crippen molar-refractivity contribution in [3.05, 3.63) is 58.3 Å². The van der Waals surface area contributed by atoms with Crippen LogP contribution in [0.1, 0.15) is 18.4 Å². The summed E-state index contributed by atoms with van der Waals surface area (Å²) in [6, 6.07) is 13.6. The SMILES string of the molecule is CN(c1ccc(F)cc1)c1ccc(CNC2CC2)cc1Br. The quantitative estimate of drug-likeness (QED) is 0.848. The van der Waals surface area contributed by atoms with Crippen molar-refractivity contribution in [1.82, 2.24) is 5.32 Å². The second-order valence-electron chi connectivity index (χ2n) is 5.48. The molecule has 1 aliphatic rings. The first-order valence-electron chi connectivity index (χ1n) is 7.14. The molecule has 0 bridgehead atoms. The lowest BCUT2D eigenvalue weighted by atomic mass is 10.2. The highest BCUT2D eigenvalue weighted by Gasteiger charge is 2.20. The van der Waals surface area contributed by atoms with Crippen molar-refractivity contribution in [2.75, 3.05) is 11.9 Å². The molecule has 1 aliphatic carbocycles. The van der Waals surface area contributed by atoms with Crippen molar-refractivity contribution >= 4 is 27.3 Å². The van der Waals surface area contributed by atoms with Gasteiger partial charge >= 0.3 is 0 Å². The molecule has 1 N–H and O–H groups in total. The summed E-state index contributed by atoms with van der Waals surface area (Å²) in [5.74, 6) is -0.215. The molecule has 110 valence electrons. The Hall–Kier alpha value is -1.39. The molecule has 1 saturated carbocycles. The van der Waals surface area contributed by atoms with Crippen LogP contribution in [0, 0.1) is 5.82 Å². The Morgan fingerprint density at radius 1 is 1.19 bits per heavy atom. The largest absolute Gasteiger partial charge is 0.344 e. The van der Waals surface area contributed by atoms with Gasteiger partial charge in [0.15, 0.2) is 0 Å². The van der Waals surface area contributed by atoms with Gasteiger partial charge in [-0.25, -0.2) is 4.39 Å². The van der Waals surface area contributed by atoms with Crippen LogP contribution in [-0.4, -0.2) is 13.1 Å². The second kappa shape index (κ2) is 6.16. The van der Waals surface area contributed by atoms with E-state index in [-0.39, 0.29) is 5.82 Å². The number of hydrogen-bond donors (Lipinski definition) is 1. The molecule has 0 unspecified atom stereocenters. The summed E-state index contributed by atoms with van der Waals surface area (Å²) in [5.41, 5.74) is 3.29. The van der Waals surface area contributed by atoms with Crippen LogP contribution in [0.4, 0.5) is 15.8 Å². The molecular formula is C17H18BrFN2. The highest BCUT2D eigenvalue weighted by atomic mass is 79.9. The van der Waals surface area contributed by atoms with E-state index in [1.165, 1.54) is 30.5 Å². The fourth-order valence-corrected chi connectivity index (χ4v) is 2.98. The molecule has 0 saturated heterocycles. The molecule has 2 aromatic carbocycles. The van der Waals surface area contributed by atoms with Crippen molar-refractivity contribution in [2.24, 2.45) is 0 Å². The van der Waals surface area contributed by atoms with Gasteiger partial charge in [0.25, 0.3) is 0 Å². The summed E-state index contributed by atoms with van der Waals surface area (Å²) >= 11 is 3.64. The molecule has 0 amide bonds. The molecule has 0 heterocycles. The topological polar surface area (TPSA) is 15.3 Å². The van der Waals surface area contributed by atoms with Gasteiger partial charge in [0.05, 0.1) is 5.69 Å². The smallest absolute Gasteiger partial charge is 0.123 e. The van der Waals surface area contributed by atoms with Crippen LogP contribution in [0.5, 0.6) is 0 Å². The van der Waals surface area contributed by atoms with Gasteiger partial charge in [-0.1, -0.05) is 6.07 Å². The van der Waals surface area contributed by atoms with Crippen molar-refractivity contribution < 1.29 is 4.39 Å². The fraction of sp³-hybridized carbons (Fsp3) is 0.294. The van der Waals surface area contributed by atoms with Gasteiger partial charge in [0.2, 0.25) is 0 Å². The number of rotatable bonds is 5.